The number of anilines is 1. The monoisotopic (exact) mass is 386 g/mol. The molecule has 0 radical (unpaired) electrons. The summed E-state index contributed by atoms with van der Waals surface area (Å²) in [6.45, 7) is 9.82. The molecule has 0 amide bonds. The Morgan fingerprint density at radius 1 is 1.16 bits per heavy atom. The van der Waals surface area contributed by atoms with Crippen molar-refractivity contribution in [3.05, 3.63) is 16.0 Å². The van der Waals surface area contributed by atoms with Crippen molar-refractivity contribution < 1.29 is 19.1 Å². The number of nitrogens with one attached hydrogen (secondary N) is 2. The highest BCUT2D eigenvalue weighted by molar-refractivity contribution is 7.80. The Kier molecular flexibility index (Phi) is 8.85. The van der Waals surface area contributed by atoms with E-state index in [4.69, 9.17) is 21.7 Å². The average molecular weight is 387 g/mol. The first kappa shape index (κ1) is 21.4. The van der Waals surface area contributed by atoms with Crippen LogP contribution in [0.25, 0.3) is 0 Å². The molecular formula is C17H26N2O4S2. The Morgan fingerprint density at radius 2 is 1.76 bits per heavy atom. The Hall–Kier alpha value is -1.67. The number of ether oxygens (including phenoxy) is 2. The van der Waals surface area contributed by atoms with Gasteiger partial charge >= 0.3 is 11.9 Å². The average Bonchev–Trinajstić information content (AvgIpc) is 2.84. The Bertz CT molecular complexity index is 628. The van der Waals surface area contributed by atoms with Gasteiger partial charge in [0, 0.05) is 6.04 Å². The summed E-state index contributed by atoms with van der Waals surface area (Å²) < 4.78 is 10.2. The number of hydrogen-bond donors (Lipinski definition) is 2. The number of carbonyl (C=O) groups is 2. The van der Waals surface area contributed by atoms with Crippen molar-refractivity contribution in [2.45, 2.75) is 53.5 Å². The maximum Gasteiger partial charge on any atom is 0.348 e. The standard InChI is InChI=1S/C17H26N2O4S2/c1-6-9-10(4)18-17(24)19-14-12(15(20)22-7-2)11(5)13(25-14)16(21)23-8-3/h10H,6-9H2,1-5H3,(H2,18,19,24). The van der Waals surface area contributed by atoms with Gasteiger partial charge in [-0.25, -0.2) is 9.59 Å². The van der Waals surface area contributed by atoms with Crippen LogP contribution in [0.5, 0.6) is 0 Å². The molecule has 0 saturated heterocycles. The normalized spacial score (nSPS) is 11.6. The zero-order valence-corrected chi connectivity index (χ0v) is 17.0. The molecule has 0 bridgehead atoms. The lowest BCUT2D eigenvalue weighted by Gasteiger charge is -2.16. The van der Waals surface area contributed by atoms with E-state index in [9.17, 15) is 9.59 Å². The van der Waals surface area contributed by atoms with Crippen molar-refractivity contribution in [3.8, 4) is 0 Å². The molecule has 0 aliphatic heterocycles. The number of thiocarbonyl (C=S) groups is 1. The summed E-state index contributed by atoms with van der Waals surface area (Å²) in [5, 5.41) is 7.09. The van der Waals surface area contributed by atoms with Crippen LogP contribution >= 0.6 is 23.6 Å². The summed E-state index contributed by atoms with van der Waals surface area (Å²) >= 11 is 6.47. The minimum Gasteiger partial charge on any atom is -0.462 e. The molecule has 0 spiro atoms. The molecule has 2 N–H and O–H groups in total. The molecule has 0 aromatic carbocycles. The van der Waals surface area contributed by atoms with E-state index in [1.807, 2.05) is 6.92 Å². The van der Waals surface area contributed by atoms with Gasteiger partial charge in [0.15, 0.2) is 5.11 Å². The van der Waals surface area contributed by atoms with Gasteiger partial charge in [-0.2, -0.15) is 0 Å². The molecule has 1 heterocycles. The van der Waals surface area contributed by atoms with Crippen LogP contribution in [0.2, 0.25) is 0 Å². The summed E-state index contributed by atoms with van der Waals surface area (Å²) in [7, 11) is 0. The van der Waals surface area contributed by atoms with Gasteiger partial charge in [0.05, 0.1) is 18.8 Å². The molecule has 1 unspecified atom stereocenters. The van der Waals surface area contributed by atoms with Crippen molar-refractivity contribution in [1.82, 2.24) is 5.32 Å². The van der Waals surface area contributed by atoms with E-state index in [2.05, 4.69) is 17.6 Å². The summed E-state index contributed by atoms with van der Waals surface area (Å²) in [6.07, 6.45) is 2.01. The summed E-state index contributed by atoms with van der Waals surface area (Å²) in [6, 6.07) is 0.210. The van der Waals surface area contributed by atoms with E-state index < -0.39 is 11.9 Å². The topological polar surface area (TPSA) is 76.7 Å². The van der Waals surface area contributed by atoms with E-state index >= 15 is 0 Å². The lowest BCUT2D eigenvalue weighted by atomic mass is 10.1. The first-order valence-corrected chi connectivity index (χ1v) is 9.63. The highest BCUT2D eigenvalue weighted by atomic mass is 32.1. The second kappa shape index (κ2) is 10.4. The Balaban J connectivity index is 3.10. The van der Waals surface area contributed by atoms with Crippen molar-refractivity contribution in [2.24, 2.45) is 0 Å². The van der Waals surface area contributed by atoms with E-state index in [0.29, 0.717) is 26.1 Å². The predicted octanol–water partition coefficient (Wildman–Crippen LogP) is 3.88. The number of esters is 2. The zero-order valence-electron chi connectivity index (χ0n) is 15.4. The van der Waals surface area contributed by atoms with Crippen LogP contribution in [0.3, 0.4) is 0 Å². The SMILES string of the molecule is CCCC(C)NC(=S)Nc1sc(C(=O)OCC)c(C)c1C(=O)OCC. The van der Waals surface area contributed by atoms with Gasteiger partial charge < -0.3 is 20.1 Å². The minimum atomic E-state index is -0.487. The third kappa shape index (κ3) is 5.97. The van der Waals surface area contributed by atoms with Crippen LogP contribution < -0.4 is 10.6 Å². The third-order valence-electron chi connectivity index (χ3n) is 3.41. The molecule has 6 nitrogen and oxygen atoms in total. The maximum atomic E-state index is 12.3. The smallest absolute Gasteiger partial charge is 0.348 e. The molecule has 1 atom stereocenters. The summed E-state index contributed by atoms with van der Waals surface area (Å²) in [5.41, 5.74) is 0.857. The number of carbonyl (C=O) groups excluding carboxylic acids is 2. The molecule has 1 aromatic heterocycles. The molecule has 0 aliphatic carbocycles. The summed E-state index contributed by atoms with van der Waals surface area (Å²) in [5.74, 6) is -0.944. The van der Waals surface area contributed by atoms with Crippen LogP contribution in [-0.4, -0.2) is 36.3 Å². The first-order chi connectivity index (χ1) is 11.8. The molecular weight excluding hydrogens is 360 g/mol. The van der Waals surface area contributed by atoms with E-state index in [0.717, 1.165) is 24.2 Å². The quantitative estimate of drug-likeness (QED) is 0.518. The van der Waals surface area contributed by atoms with Crippen LogP contribution in [0.4, 0.5) is 5.00 Å². The predicted molar refractivity (Wildman–Crippen MR) is 105 cm³/mol. The number of hydrogen-bond acceptors (Lipinski definition) is 6. The van der Waals surface area contributed by atoms with E-state index in [-0.39, 0.29) is 19.3 Å². The molecule has 8 heteroatoms. The fourth-order valence-electron chi connectivity index (χ4n) is 2.31. The van der Waals surface area contributed by atoms with Crippen molar-refractivity contribution in [2.75, 3.05) is 18.5 Å². The second-order valence-corrected chi connectivity index (χ2v) is 6.92. The van der Waals surface area contributed by atoms with E-state index in [1.54, 1.807) is 20.8 Å². The number of rotatable bonds is 8. The Morgan fingerprint density at radius 3 is 2.32 bits per heavy atom. The molecule has 0 fully saturated rings. The van der Waals surface area contributed by atoms with Crippen LogP contribution in [0.1, 0.15) is 66.1 Å². The molecule has 25 heavy (non-hydrogen) atoms. The first-order valence-electron chi connectivity index (χ1n) is 8.40. The van der Waals surface area contributed by atoms with Gasteiger partial charge in [0.2, 0.25) is 0 Å². The van der Waals surface area contributed by atoms with Gasteiger partial charge in [-0.05, 0) is 51.9 Å². The lowest BCUT2D eigenvalue weighted by molar-refractivity contribution is 0.0527. The van der Waals surface area contributed by atoms with Crippen molar-refractivity contribution in [3.63, 3.8) is 0 Å². The highest BCUT2D eigenvalue weighted by Crippen LogP contribution is 2.34. The van der Waals surface area contributed by atoms with Crippen LogP contribution in [0.15, 0.2) is 0 Å². The molecule has 1 aromatic rings. The Labute approximate surface area is 158 Å². The van der Waals surface area contributed by atoms with Crippen molar-refractivity contribution in [1.29, 1.82) is 0 Å². The number of thiophene rings is 1. The fraction of sp³-hybridized carbons (Fsp3) is 0.588. The van der Waals surface area contributed by atoms with Gasteiger partial charge in [-0.15, -0.1) is 11.3 Å². The minimum absolute atomic E-state index is 0.210. The van der Waals surface area contributed by atoms with Crippen LogP contribution in [-0.2, 0) is 9.47 Å². The van der Waals surface area contributed by atoms with Crippen molar-refractivity contribution >= 4 is 45.6 Å². The van der Waals surface area contributed by atoms with Gasteiger partial charge in [-0.3, -0.25) is 0 Å². The zero-order chi connectivity index (χ0) is 19.0. The second-order valence-electron chi connectivity index (χ2n) is 5.49. The van der Waals surface area contributed by atoms with Gasteiger partial charge in [-0.1, -0.05) is 13.3 Å². The van der Waals surface area contributed by atoms with Gasteiger partial charge in [0.25, 0.3) is 0 Å². The molecule has 140 valence electrons. The van der Waals surface area contributed by atoms with Gasteiger partial charge in [0.1, 0.15) is 9.88 Å². The van der Waals surface area contributed by atoms with Crippen LogP contribution in [0, 0.1) is 6.92 Å². The molecule has 1 rings (SSSR count). The fourth-order valence-corrected chi connectivity index (χ4v) is 3.77. The molecule has 0 saturated carbocycles. The maximum absolute atomic E-state index is 12.3. The van der Waals surface area contributed by atoms with E-state index in [1.165, 1.54) is 0 Å². The largest absolute Gasteiger partial charge is 0.462 e. The molecule has 0 aliphatic rings. The third-order valence-corrected chi connectivity index (χ3v) is 4.82. The summed E-state index contributed by atoms with van der Waals surface area (Å²) in [4.78, 5) is 24.8. The highest BCUT2D eigenvalue weighted by Gasteiger charge is 2.26. The lowest BCUT2D eigenvalue weighted by Crippen LogP contribution is -2.35.